The monoisotopic (exact) mass is 320 g/mol. The number of nitrogens with zero attached hydrogens (tertiary/aromatic N) is 1. The van der Waals surface area contributed by atoms with Crippen LogP contribution in [0.2, 0.25) is 0 Å². The molecule has 7 heteroatoms. The molecule has 0 aliphatic rings. The van der Waals surface area contributed by atoms with E-state index >= 15 is 0 Å². The number of anilines is 1. The van der Waals surface area contributed by atoms with Crippen LogP contribution in [0.4, 0.5) is 5.69 Å². The molecule has 0 saturated carbocycles. The Bertz CT molecular complexity index is 785. The molecule has 1 amide bonds. The topological polar surface area (TPSA) is 89.7 Å². The number of rotatable bonds is 5. The fraction of sp³-hybridized carbons (Fsp3) is 0.133. The lowest BCUT2D eigenvalue weighted by molar-refractivity contribution is 0.100. The largest absolute Gasteiger partial charge is 0.497 e. The summed E-state index contributed by atoms with van der Waals surface area (Å²) in [4.78, 5) is 11.3. The number of ether oxygens (including phenoxy) is 1. The van der Waals surface area contributed by atoms with E-state index < -0.39 is 15.9 Å². The summed E-state index contributed by atoms with van der Waals surface area (Å²) in [6.07, 6.45) is 0. The second-order valence-corrected chi connectivity index (χ2v) is 6.53. The van der Waals surface area contributed by atoms with E-state index in [1.165, 1.54) is 38.4 Å². The van der Waals surface area contributed by atoms with E-state index in [0.717, 1.165) is 4.31 Å². The van der Waals surface area contributed by atoms with E-state index in [-0.39, 0.29) is 10.5 Å². The third kappa shape index (κ3) is 3.04. The lowest BCUT2D eigenvalue weighted by Gasteiger charge is -2.20. The van der Waals surface area contributed by atoms with E-state index in [4.69, 9.17) is 10.5 Å². The zero-order valence-corrected chi connectivity index (χ0v) is 13.0. The molecule has 0 unspecified atom stereocenters. The number of carbonyl (C=O) groups is 1. The SMILES string of the molecule is COc1ccc(S(=O)(=O)N(C)c2cccc(C(N)=O)c2)cc1. The number of carbonyl (C=O) groups excluding carboxylic acids is 1. The Morgan fingerprint density at radius 3 is 2.32 bits per heavy atom. The van der Waals surface area contributed by atoms with Crippen LogP contribution >= 0.6 is 0 Å². The first-order chi connectivity index (χ1) is 10.4. The molecule has 2 rings (SSSR count). The van der Waals surface area contributed by atoms with E-state index in [0.29, 0.717) is 11.4 Å². The first-order valence-electron chi connectivity index (χ1n) is 6.39. The van der Waals surface area contributed by atoms with Crippen LogP contribution in [-0.2, 0) is 10.0 Å². The van der Waals surface area contributed by atoms with Gasteiger partial charge in [0.15, 0.2) is 0 Å². The molecule has 0 atom stereocenters. The van der Waals surface area contributed by atoms with Crippen molar-refractivity contribution in [1.29, 1.82) is 0 Å². The van der Waals surface area contributed by atoms with Gasteiger partial charge in [-0.1, -0.05) is 6.07 Å². The van der Waals surface area contributed by atoms with Gasteiger partial charge >= 0.3 is 0 Å². The van der Waals surface area contributed by atoms with Gasteiger partial charge in [0.05, 0.1) is 17.7 Å². The Labute approximate surface area is 129 Å². The summed E-state index contributed by atoms with van der Waals surface area (Å²) >= 11 is 0. The van der Waals surface area contributed by atoms with Crippen molar-refractivity contribution in [2.24, 2.45) is 5.73 Å². The Kier molecular flexibility index (Phi) is 4.37. The van der Waals surface area contributed by atoms with Gasteiger partial charge in [0.1, 0.15) is 5.75 Å². The van der Waals surface area contributed by atoms with Gasteiger partial charge in [0.2, 0.25) is 5.91 Å². The first kappa shape index (κ1) is 15.8. The van der Waals surface area contributed by atoms with E-state index in [1.54, 1.807) is 24.3 Å². The van der Waals surface area contributed by atoms with E-state index in [1.807, 2.05) is 0 Å². The van der Waals surface area contributed by atoms with Gasteiger partial charge < -0.3 is 10.5 Å². The molecule has 0 aromatic heterocycles. The smallest absolute Gasteiger partial charge is 0.264 e. The molecule has 22 heavy (non-hydrogen) atoms. The molecule has 6 nitrogen and oxygen atoms in total. The molecule has 116 valence electrons. The van der Waals surface area contributed by atoms with Gasteiger partial charge in [0.25, 0.3) is 10.0 Å². The van der Waals surface area contributed by atoms with Crippen LogP contribution in [0.5, 0.6) is 5.75 Å². The normalized spacial score (nSPS) is 11.0. The third-order valence-electron chi connectivity index (χ3n) is 3.21. The van der Waals surface area contributed by atoms with E-state index in [9.17, 15) is 13.2 Å². The highest BCUT2D eigenvalue weighted by atomic mass is 32.2. The zero-order chi connectivity index (χ0) is 16.3. The van der Waals surface area contributed by atoms with Crippen LogP contribution in [-0.4, -0.2) is 28.5 Å². The molecule has 0 spiro atoms. The number of nitrogens with two attached hydrogens (primary N) is 1. The van der Waals surface area contributed by atoms with Gasteiger partial charge in [0, 0.05) is 12.6 Å². The quantitative estimate of drug-likeness (QED) is 0.906. The van der Waals surface area contributed by atoms with Crippen molar-refractivity contribution >= 4 is 21.6 Å². The predicted molar refractivity (Wildman–Crippen MR) is 83.5 cm³/mol. The molecule has 0 aliphatic heterocycles. The van der Waals surface area contributed by atoms with Gasteiger partial charge in [-0.15, -0.1) is 0 Å². The maximum atomic E-state index is 12.6. The number of hydrogen-bond acceptors (Lipinski definition) is 4. The molecule has 2 N–H and O–H groups in total. The molecule has 2 aromatic rings. The van der Waals surface area contributed by atoms with Crippen LogP contribution in [0, 0.1) is 0 Å². The Hall–Kier alpha value is -2.54. The molecule has 0 aliphatic carbocycles. The summed E-state index contributed by atoms with van der Waals surface area (Å²) in [5.41, 5.74) is 5.81. The summed E-state index contributed by atoms with van der Waals surface area (Å²) in [6.45, 7) is 0. The molecule has 2 aromatic carbocycles. The maximum absolute atomic E-state index is 12.6. The lowest BCUT2D eigenvalue weighted by Crippen LogP contribution is -2.26. The van der Waals surface area contributed by atoms with Gasteiger partial charge in [-0.2, -0.15) is 0 Å². The molecule has 0 radical (unpaired) electrons. The minimum absolute atomic E-state index is 0.125. The van der Waals surface area contributed by atoms with Crippen molar-refractivity contribution < 1.29 is 17.9 Å². The van der Waals surface area contributed by atoms with Crippen LogP contribution < -0.4 is 14.8 Å². The predicted octanol–water partition coefficient (Wildman–Crippen LogP) is 1.62. The van der Waals surface area contributed by atoms with Crippen LogP contribution in [0.1, 0.15) is 10.4 Å². The lowest BCUT2D eigenvalue weighted by atomic mass is 10.2. The molecule has 0 saturated heterocycles. The van der Waals surface area contributed by atoms with Crippen LogP contribution in [0.25, 0.3) is 0 Å². The molecular weight excluding hydrogens is 304 g/mol. The second-order valence-electron chi connectivity index (χ2n) is 4.56. The van der Waals surface area contributed by atoms with Crippen molar-refractivity contribution in [3.8, 4) is 5.75 Å². The highest BCUT2D eigenvalue weighted by Gasteiger charge is 2.21. The minimum Gasteiger partial charge on any atom is -0.497 e. The number of methoxy groups -OCH3 is 1. The van der Waals surface area contributed by atoms with Crippen molar-refractivity contribution in [3.05, 3.63) is 54.1 Å². The fourth-order valence-electron chi connectivity index (χ4n) is 1.90. The highest BCUT2D eigenvalue weighted by Crippen LogP contribution is 2.24. The summed E-state index contributed by atoms with van der Waals surface area (Å²) in [5, 5.41) is 0. The zero-order valence-electron chi connectivity index (χ0n) is 12.2. The number of primary amides is 1. The fourth-order valence-corrected chi connectivity index (χ4v) is 3.09. The average molecular weight is 320 g/mol. The molecular formula is C15H16N2O4S. The van der Waals surface area contributed by atoms with Crippen molar-refractivity contribution in [2.75, 3.05) is 18.5 Å². The van der Waals surface area contributed by atoms with E-state index in [2.05, 4.69) is 0 Å². The number of benzene rings is 2. The Balaban J connectivity index is 2.39. The molecule has 0 heterocycles. The number of amides is 1. The van der Waals surface area contributed by atoms with Gasteiger partial charge in [-0.25, -0.2) is 8.42 Å². The van der Waals surface area contributed by atoms with Crippen molar-refractivity contribution in [2.45, 2.75) is 4.90 Å². The number of hydrogen-bond donors (Lipinski definition) is 1. The standard InChI is InChI=1S/C15H16N2O4S/c1-17(12-5-3-4-11(10-12)15(16)18)22(19,20)14-8-6-13(21-2)7-9-14/h3-10H,1-2H3,(H2,16,18). The molecule has 0 bridgehead atoms. The van der Waals surface area contributed by atoms with Gasteiger partial charge in [-0.05, 0) is 42.5 Å². The van der Waals surface area contributed by atoms with Crippen molar-refractivity contribution in [1.82, 2.24) is 0 Å². The average Bonchev–Trinajstić information content (AvgIpc) is 2.54. The van der Waals surface area contributed by atoms with Crippen LogP contribution in [0.3, 0.4) is 0 Å². The second kappa shape index (κ2) is 6.07. The van der Waals surface area contributed by atoms with Gasteiger partial charge in [-0.3, -0.25) is 9.10 Å². The highest BCUT2D eigenvalue weighted by molar-refractivity contribution is 7.92. The summed E-state index contributed by atoms with van der Waals surface area (Å²) < 4.78 is 31.3. The Morgan fingerprint density at radius 2 is 1.77 bits per heavy atom. The third-order valence-corrected chi connectivity index (χ3v) is 5.01. The number of sulfonamides is 1. The summed E-state index contributed by atoms with van der Waals surface area (Å²) in [7, 11) is -0.813. The summed E-state index contributed by atoms with van der Waals surface area (Å²) in [6, 6.07) is 12.2. The first-order valence-corrected chi connectivity index (χ1v) is 7.83. The maximum Gasteiger partial charge on any atom is 0.264 e. The Morgan fingerprint density at radius 1 is 1.14 bits per heavy atom. The van der Waals surface area contributed by atoms with Crippen LogP contribution in [0.15, 0.2) is 53.4 Å². The summed E-state index contributed by atoms with van der Waals surface area (Å²) in [5.74, 6) is -0.0468. The minimum atomic E-state index is -3.73. The van der Waals surface area contributed by atoms with Crippen molar-refractivity contribution in [3.63, 3.8) is 0 Å². The molecule has 0 fully saturated rings.